The topological polar surface area (TPSA) is 111 Å². The summed E-state index contributed by atoms with van der Waals surface area (Å²) in [4.78, 5) is 57.8. The molecule has 6 rings (SSSR count). The third-order valence-corrected chi connectivity index (χ3v) is 11.4. The summed E-state index contributed by atoms with van der Waals surface area (Å²) in [6.07, 6.45) is 2.87. The second-order valence-electron chi connectivity index (χ2n) is 11.0. The predicted molar refractivity (Wildman–Crippen MR) is 142 cm³/mol. The van der Waals surface area contributed by atoms with Gasteiger partial charge in [0.25, 0.3) is 0 Å². The molecule has 0 unspecified atom stereocenters. The number of aliphatic carboxylic acids is 1. The van der Waals surface area contributed by atoms with Crippen molar-refractivity contribution in [3.63, 3.8) is 0 Å². The van der Waals surface area contributed by atoms with Gasteiger partial charge in [-0.3, -0.25) is 24.1 Å². The Labute approximate surface area is 223 Å². The van der Waals surface area contributed by atoms with E-state index in [-0.39, 0.29) is 63.9 Å². The van der Waals surface area contributed by atoms with Crippen LogP contribution in [-0.4, -0.2) is 58.7 Å². The van der Waals surface area contributed by atoms with Gasteiger partial charge in [0.2, 0.25) is 11.8 Å². The molecule has 2 saturated carbocycles. The third kappa shape index (κ3) is 3.94. The molecule has 10 heteroatoms. The lowest BCUT2D eigenvalue weighted by molar-refractivity contribution is -0.141. The SMILES string of the molecule is CN(C)c1ccc([C@H]2c3sc(=O)[nH]c3S[C@H]3[C@@H]4C[C@H]([C@H]5C(=O)N(CCCCCC(=O)O)C(=O)[C@H]45)[C@H]23)cc1. The molecule has 2 N–H and O–H groups in total. The number of imide groups is 1. The highest BCUT2D eigenvalue weighted by Gasteiger charge is 2.69. The summed E-state index contributed by atoms with van der Waals surface area (Å²) < 4.78 is 0. The molecule has 0 spiro atoms. The molecule has 3 fully saturated rings. The van der Waals surface area contributed by atoms with E-state index in [9.17, 15) is 19.2 Å². The van der Waals surface area contributed by atoms with E-state index in [2.05, 4.69) is 34.1 Å². The maximum atomic E-state index is 13.6. The van der Waals surface area contributed by atoms with E-state index in [1.807, 2.05) is 14.1 Å². The molecule has 37 heavy (non-hydrogen) atoms. The number of carboxylic acid groups (broad SMARTS) is 1. The number of aromatic amines is 1. The minimum Gasteiger partial charge on any atom is -0.481 e. The van der Waals surface area contributed by atoms with Gasteiger partial charge in [-0.1, -0.05) is 29.9 Å². The first-order valence-corrected chi connectivity index (χ1v) is 14.7. The molecule has 196 valence electrons. The number of hydrogen-bond acceptors (Lipinski definition) is 7. The molecule has 2 aliphatic carbocycles. The number of fused-ring (bicyclic) bond motifs is 9. The maximum absolute atomic E-state index is 13.6. The number of likely N-dealkylation sites (tertiary alicyclic amines) is 1. The van der Waals surface area contributed by atoms with Crippen molar-refractivity contribution in [2.24, 2.45) is 29.6 Å². The van der Waals surface area contributed by atoms with Gasteiger partial charge in [0.05, 0.1) is 16.9 Å². The molecule has 1 aromatic heterocycles. The fourth-order valence-electron chi connectivity index (χ4n) is 7.37. The van der Waals surface area contributed by atoms with Crippen LogP contribution in [0, 0.1) is 29.6 Å². The molecular weight excluding hydrogens is 510 g/mol. The molecular formula is C27H31N3O5S2. The van der Waals surface area contributed by atoms with Crippen molar-refractivity contribution in [3.05, 3.63) is 44.4 Å². The van der Waals surface area contributed by atoms with Gasteiger partial charge in [-0.2, -0.15) is 0 Å². The fourth-order valence-corrected chi connectivity index (χ4v) is 10.3. The lowest BCUT2D eigenvalue weighted by Crippen LogP contribution is -2.42. The van der Waals surface area contributed by atoms with Crippen LogP contribution in [0.1, 0.15) is 48.5 Å². The van der Waals surface area contributed by atoms with E-state index in [1.54, 1.807) is 11.8 Å². The van der Waals surface area contributed by atoms with Gasteiger partial charge >= 0.3 is 10.8 Å². The Hall–Kier alpha value is -2.59. The van der Waals surface area contributed by atoms with Crippen molar-refractivity contribution < 1.29 is 19.5 Å². The zero-order chi connectivity index (χ0) is 26.0. The van der Waals surface area contributed by atoms with E-state index in [0.29, 0.717) is 25.8 Å². The first-order valence-electron chi connectivity index (χ1n) is 13.0. The number of aromatic nitrogens is 1. The summed E-state index contributed by atoms with van der Waals surface area (Å²) in [5.74, 6) is -0.981. The number of H-pyrrole nitrogens is 1. The quantitative estimate of drug-likeness (QED) is 0.388. The van der Waals surface area contributed by atoms with Gasteiger partial charge < -0.3 is 15.0 Å². The normalized spacial score (nSPS) is 31.4. The molecule has 1 aromatic carbocycles. The first-order chi connectivity index (χ1) is 17.8. The van der Waals surface area contributed by atoms with Gasteiger partial charge in [-0.05, 0) is 54.7 Å². The van der Waals surface area contributed by atoms with E-state index in [0.717, 1.165) is 27.6 Å². The van der Waals surface area contributed by atoms with Crippen LogP contribution < -0.4 is 9.77 Å². The van der Waals surface area contributed by atoms with Crippen LogP contribution in [0.3, 0.4) is 0 Å². The molecule has 0 radical (unpaired) electrons. The smallest absolute Gasteiger partial charge is 0.305 e. The van der Waals surface area contributed by atoms with Crippen LogP contribution in [0.25, 0.3) is 0 Å². The second kappa shape index (κ2) is 9.31. The van der Waals surface area contributed by atoms with Gasteiger partial charge in [0.15, 0.2) is 0 Å². The number of nitrogens with one attached hydrogen (secondary N) is 1. The van der Waals surface area contributed by atoms with Crippen LogP contribution in [-0.2, 0) is 14.4 Å². The molecule has 2 aliphatic heterocycles. The number of thiazole rings is 1. The number of carboxylic acids is 1. The van der Waals surface area contributed by atoms with Crippen molar-refractivity contribution in [3.8, 4) is 0 Å². The number of hydrogen-bond donors (Lipinski definition) is 2. The Morgan fingerprint density at radius 2 is 1.76 bits per heavy atom. The van der Waals surface area contributed by atoms with Crippen LogP contribution in [0.4, 0.5) is 5.69 Å². The molecule has 7 atom stereocenters. The van der Waals surface area contributed by atoms with E-state index in [1.165, 1.54) is 16.2 Å². The molecule has 3 heterocycles. The van der Waals surface area contributed by atoms with Gasteiger partial charge in [0, 0.05) is 48.8 Å². The number of thioether (sulfide) groups is 1. The molecule has 1 saturated heterocycles. The fraction of sp³-hybridized carbons (Fsp3) is 0.556. The molecule has 8 nitrogen and oxygen atoms in total. The highest BCUT2D eigenvalue weighted by Crippen LogP contribution is 2.68. The number of anilines is 1. The number of benzene rings is 1. The summed E-state index contributed by atoms with van der Waals surface area (Å²) in [7, 11) is 4.02. The number of amides is 2. The van der Waals surface area contributed by atoms with E-state index < -0.39 is 5.97 Å². The van der Waals surface area contributed by atoms with Crippen LogP contribution in [0.2, 0.25) is 0 Å². The largest absolute Gasteiger partial charge is 0.481 e. The summed E-state index contributed by atoms with van der Waals surface area (Å²) in [6, 6.07) is 8.51. The van der Waals surface area contributed by atoms with Crippen molar-refractivity contribution >= 4 is 46.6 Å². The molecule has 4 aliphatic rings. The summed E-state index contributed by atoms with van der Waals surface area (Å²) >= 11 is 2.99. The standard InChI is InChI=1S/C27H31N3O5S2/c1-29(2)14-9-7-13(8-10-14)18-19-15-12-16(22(19)36-24-23(18)37-27(35)28-24)21-20(15)25(33)30(26(21)34)11-5-3-4-6-17(31)32/h7-10,15-16,18-22H,3-6,11-12H2,1-2H3,(H,28,35)(H,31,32)/t15-,16+,18+,19+,20+,21+,22-/m0/s1. The highest BCUT2D eigenvalue weighted by molar-refractivity contribution is 8.00. The average Bonchev–Trinajstić information content (AvgIpc) is 3.58. The van der Waals surface area contributed by atoms with Crippen molar-refractivity contribution in [2.75, 3.05) is 25.5 Å². The first kappa shape index (κ1) is 24.7. The monoisotopic (exact) mass is 541 g/mol. The number of carbonyl (C=O) groups is 3. The summed E-state index contributed by atoms with van der Waals surface area (Å²) in [5.41, 5.74) is 2.27. The Morgan fingerprint density at radius 3 is 2.43 bits per heavy atom. The number of unbranched alkanes of at least 4 members (excludes halogenated alkanes) is 2. The molecule has 2 amide bonds. The Bertz CT molecular complexity index is 1300. The average molecular weight is 542 g/mol. The zero-order valence-electron chi connectivity index (χ0n) is 20.9. The van der Waals surface area contributed by atoms with E-state index >= 15 is 0 Å². The zero-order valence-corrected chi connectivity index (χ0v) is 22.5. The van der Waals surface area contributed by atoms with E-state index in [4.69, 9.17) is 5.11 Å². The predicted octanol–water partition coefficient (Wildman–Crippen LogP) is 3.62. The minimum atomic E-state index is -0.819. The summed E-state index contributed by atoms with van der Waals surface area (Å²) in [6.45, 7) is 0.377. The lowest BCUT2D eigenvalue weighted by atomic mass is 9.68. The Balaban J connectivity index is 1.28. The molecule has 2 aromatic rings. The van der Waals surface area contributed by atoms with Gasteiger partial charge in [0.1, 0.15) is 0 Å². The Kier molecular flexibility index (Phi) is 6.22. The van der Waals surface area contributed by atoms with Gasteiger partial charge in [-0.25, -0.2) is 0 Å². The summed E-state index contributed by atoms with van der Waals surface area (Å²) in [5, 5.41) is 9.96. The molecule has 2 bridgehead atoms. The highest BCUT2D eigenvalue weighted by atomic mass is 32.2. The number of carbonyl (C=O) groups excluding carboxylic acids is 2. The van der Waals surface area contributed by atoms with Crippen LogP contribution in [0.5, 0.6) is 0 Å². The van der Waals surface area contributed by atoms with Crippen LogP contribution >= 0.6 is 23.1 Å². The van der Waals surface area contributed by atoms with Gasteiger partial charge in [-0.15, -0.1) is 11.8 Å². The Morgan fingerprint density at radius 1 is 1.05 bits per heavy atom. The minimum absolute atomic E-state index is 0.0327. The van der Waals surface area contributed by atoms with Crippen molar-refractivity contribution in [2.45, 2.75) is 48.3 Å². The number of rotatable bonds is 8. The third-order valence-electron chi connectivity index (χ3n) is 8.86. The van der Waals surface area contributed by atoms with Crippen LogP contribution in [0.15, 0.2) is 34.1 Å². The lowest BCUT2D eigenvalue weighted by Gasteiger charge is -2.43. The maximum Gasteiger partial charge on any atom is 0.305 e. The van der Waals surface area contributed by atoms with Crippen molar-refractivity contribution in [1.82, 2.24) is 9.88 Å². The second-order valence-corrected chi connectivity index (χ2v) is 13.2. The number of nitrogens with zero attached hydrogens (tertiary/aromatic N) is 2. The van der Waals surface area contributed by atoms with Crippen molar-refractivity contribution in [1.29, 1.82) is 0 Å².